The van der Waals surface area contributed by atoms with Crippen molar-refractivity contribution >= 4 is 5.91 Å². The number of hydrogen-bond donors (Lipinski definition) is 1. The summed E-state index contributed by atoms with van der Waals surface area (Å²) in [6.07, 6.45) is 0. The molecule has 2 N–H and O–H groups in total. The van der Waals surface area contributed by atoms with Gasteiger partial charge in [-0.2, -0.15) is 5.26 Å². The maximum Gasteiger partial charge on any atom is 0.250 e. The number of carbonyl (C=O) groups is 1. The zero-order valence-corrected chi connectivity index (χ0v) is 9.05. The molecule has 0 fully saturated rings. The molecular weight excluding hydrogens is 212 g/mol. The first-order chi connectivity index (χ1) is 8.22. The molecule has 0 radical (unpaired) electrons. The third-order valence-corrected chi connectivity index (χ3v) is 2.51. The summed E-state index contributed by atoms with van der Waals surface area (Å²) >= 11 is 0. The molecule has 0 aliphatic heterocycles. The summed E-state index contributed by atoms with van der Waals surface area (Å²) in [4.78, 5) is 11.2. The molecule has 82 valence electrons. The van der Waals surface area contributed by atoms with Crippen LogP contribution >= 0.6 is 0 Å². The highest BCUT2D eigenvalue weighted by Crippen LogP contribution is 2.21. The van der Waals surface area contributed by atoms with Crippen LogP contribution in [0, 0.1) is 11.3 Å². The topological polar surface area (TPSA) is 66.9 Å². The summed E-state index contributed by atoms with van der Waals surface area (Å²) < 4.78 is 0. The monoisotopic (exact) mass is 222 g/mol. The SMILES string of the molecule is N#Cc1ccc(-c2ccccc2)cc1C(N)=O. The van der Waals surface area contributed by atoms with E-state index < -0.39 is 5.91 Å². The van der Waals surface area contributed by atoms with Crippen LogP contribution in [0.4, 0.5) is 0 Å². The quantitative estimate of drug-likeness (QED) is 0.847. The van der Waals surface area contributed by atoms with Crippen LogP contribution in [0.25, 0.3) is 11.1 Å². The first kappa shape index (κ1) is 10.9. The molecule has 2 aromatic rings. The maximum absolute atomic E-state index is 11.2. The Morgan fingerprint density at radius 3 is 2.35 bits per heavy atom. The first-order valence-corrected chi connectivity index (χ1v) is 5.12. The van der Waals surface area contributed by atoms with Crippen LogP contribution in [0.15, 0.2) is 48.5 Å². The van der Waals surface area contributed by atoms with Crippen molar-refractivity contribution in [2.24, 2.45) is 5.73 Å². The number of nitrogens with zero attached hydrogens (tertiary/aromatic N) is 1. The third kappa shape index (κ3) is 2.16. The van der Waals surface area contributed by atoms with Crippen LogP contribution in [0.3, 0.4) is 0 Å². The van der Waals surface area contributed by atoms with Crippen molar-refractivity contribution in [2.45, 2.75) is 0 Å². The number of amides is 1. The first-order valence-electron chi connectivity index (χ1n) is 5.12. The number of nitriles is 1. The van der Waals surface area contributed by atoms with Crippen LogP contribution < -0.4 is 5.73 Å². The van der Waals surface area contributed by atoms with E-state index in [9.17, 15) is 4.79 Å². The van der Waals surface area contributed by atoms with Crippen LogP contribution in [0.5, 0.6) is 0 Å². The molecule has 0 aromatic heterocycles. The molecule has 3 nitrogen and oxygen atoms in total. The van der Waals surface area contributed by atoms with Gasteiger partial charge in [-0.05, 0) is 23.3 Å². The van der Waals surface area contributed by atoms with Crippen LogP contribution in [0.2, 0.25) is 0 Å². The van der Waals surface area contributed by atoms with E-state index >= 15 is 0 Å². The minimum atomic E-state index is -0.584. The Kier molecular flexibility index (Phi) is 2.89. The van der Waals surface area contributed by atoms with Gasteiger partial charge in [-0.3, -0.25) is 4.79 Å². The minimum Gasteiger partial charge on any atom is -0.366 e. The molecule has 2 aromatic carbocycles. The molecule has 0 aliphatic rings. The Labute approximate surface area is 99.1 Å². The number of benzene rings is 2. The standard InChI is InChI=1S/C14H10N2O/c15-9-12-7-6-11(8-13(12)14(16)17)10-4-2-1-3-5-10/h1-8H,(H2,16,17). The summed E-state index contributed by atoms with van der Waals surface area (Å²) in [5.74, 6) is -0.584. The van der Waals surface area contributed by atoms with Gasteiger partial charge in [-0.1, -0.05) is 36.4 Å². The molecule has 0 saturated carbocycles. The van der Waals surface area contributed by atoms with E-state index in [1.165, 1.54) is 0 Å². The Bertz CT molecular complexity index is 597. The maximum atomic E-state index is 11.2. The van der Waals surface area contributed by atoms with E-state index in [0.717, 1.165) is 11.1 Å². The normalized spacial score (nSPS) is 9.59. The summed E-state index contributed by atoms with van der Waals surface area (Å²) in [6, 6.07) is 16.6. The van der Waals surface area contributed by atoms with E-state index in [2.05, 4.69) is 0 Å². The van der Waals surface area contributed by atoms with Crippen molar-refractivity contribution in [3.8, 4) is 17.2 Å². The lowest BCUT2D eigenvalue weighted by molar-refractivity contribution is 0.1000. The number of nitrogens with two attached hydrogens (primary N) is 1. The van der Waals surface area contributed by atoms with Crippen LogP contribution in [-0.4, -0.2) is 5.91 Å². The van der Waals surface area contributed by atoms with Crippen molar-refractivity contribution in [3.63, 3.8) is 0 Å². The molecule has 0 atom stereocenters. The average molecular weight is 222 g/mol. The van der Waals surface area contributed by atoms with Gasteiger partial charge in [0.1, 0.15) is 0 Å². The number of primary amides is 1. The molecule has 0 heterocycles. The highest BCUT2D eigenvalue weighted by atomic mass is 16.1. The molecule has 0 unspecified atom stereocenters. The Hall–Kier alpha value is -2.60. The summed E-state index contributed by atoms with van der Waals surface area (Å²) in [5.41, 5.74) is 7.67. The molecule has 0 aliphatic carbocycles. The summed E-state index contributed by atoms with van der Waals surface area (Å²) in [5, 5.41) is 8.87. The van der Waals surface area contributed by atoms with Gasteiger partial charge in [0.2, 0.25) is 5.91 Å². The molecule has 0 bridgehead atoms. The Morgan fingerprint density at radius 2 is 1.76 bits per heavy atom. The number of hydrogen-bond acceptors (Lipinski definition) is 2. The average Bonchev–Trinajstić information content (AvgIpc) is 2.39. The summed E-state index contributed by atoms with van der Waals surface area (Å²) in [7, 11) is 0. The van der Waals surface area contributed by atoms with E-state index in [4.69, 9.17) is 11.0 Å². The van der Waals surface area contributed by atoms with Crippen molar-refractivity contribution in [2.75, 3.05) is 0 Å². The van der Waals surface area contributed by atoms with Crippen molar-refractivity contribution < 1.29 is 4.79 Å². The van der Waals surface area contributed by atoms with E-state index in [1.807, 2.05) is 36.4 Å². The Balaban J connectivity index is 2.56. The molecule has 1 amide bonds. The highest BCUT2D eigenvalue weighted by Gasteiger charge is 2.09. The Morgan fingerprint density at radius 1 is 1.06 bits per heavy atom. The predicted molar refractivity (Wildman–Crippen MR) is 65.1 cm³/mol. The zero-order valence-electron chi connectivity index (χ0n) is 9.05. The predicted octanol–water partition coefficient (Wildman–Crippen LogP) is 2.32. The lowest BCUT2D eigenvalue weighted by Crippen LogP contribution is -2.12. The van der Waals surface area contributed by atoms with Gasteiger partial charge in [-0.25, -0.2) is 0 Å². The molecule has 3 heteroatoms. The van der Waals surface area contributed by atoms with Gasteiger partial charge in [0.05, 0.1) is 17.2 Å². The second kappa shape index (κ2) is 4.50. The largest absolute Gasteiger partial charge is 0.366 e. The molecule has 2 rings (SSSR count). The fourth-order valence-corrected chi connectivity index (χ4v) is 1.66. The van der Waals surface area contributed by atoms with Gasteiger partial charge in [0.25, 0.3) is 0 Å². The van der Waals surface area contributed by atoms with E-state index in [1.54, 1.807) is 18.2 Å². The summed E-state index contributed by atoms with van der Waals surface area (Å²) in [6.45, 7) is 0. The van der Waals surface area contributed by atoms with Gasteiger partial charge in [-0.15, -0.1) is 0 Å². The number of rotatable bonds is 2. The lowest BCUT2D eigenvalue weighted by atomic mass is 9.99. The second-order valence-electron chi connectivity index (χ2n) is 3.60. The zero-order chi connectivity index (χ0) is 12.3. The fourth-order valence-electron chi connectivity index (χ4n) is 1.66. The van der Waals surface area contributed by atoms with Crippen molar-refractivity contribution in [1.29, 1.82) is 5.26 Å². The van der Waals surface area contributed by atoms with Crippen LogP contribution in [-0.2, 0) is 0 Å². The lowest BCUT2D eigenvalue weighted by Gasteiger charge is -2.04. The van der Waals surface area contributed by atoms with Gasteiger partial charge in [0.15, 0.2) is 0 Å². The minimum absolute atomic E-state index is 0.258. The molecule has 0 spiro atoms. The van der Waals surface area contributed by atoms with Gasteiger partial charge in [0, 0.05) is 0 Å². The van der Waals surface area contributed by atoms with Gasteiger partial charge < -0.3 is 5.73 Å². The molecular formula is C14H10N2O. The van der Waals surface area contributed by atoms with Crippen molar-refractivity contribution in [1.82, 2.24) is 0 Å². The third-order valence-electron chi connectivity index (χ3n) is 2.51. The van der Waals surface area contributed by atoms with Gasteiger partial charge >= 0.3 is 0 Å². The van der Waals surface area contributed by atoms with E-state index in [0.29, 0.717) is 5.56 Å². The second-order valence-corrected chi connectivity index (χ2v) is 3.60. The molecule has 0 saturated heterocycles. The smallest absolute Gasteiger partial charge is 0.250 e. The van der Waals surface area contributed by atoms with E-state index in [-0.39, 0.29) is 5.56 Å². The van der Waals surface area contributed by atoms with Crippen molar-refractivity contribution in [3.05, 3.63) is 59.7 Å². The highest BCUT2D eigenvalue weighted by molar-refractivity contribution is 5.96. The molecule has 17 heavy (non-hydrogen) atoms. The van der Waals surface area contributed by atoms with Crippen LogP contribution in [0.1, 0.15) is 15.9 Å². The fraction of sp³-hybridized carbons (Fsp3) is 0. The number of carbonyl (C=O) groups excluding carboxylic acids is 1.